The minimum atomic E-state index is -0.317. The van der Waals surface area contributed by atoms with Crippen LogP contribution in [0.1, 0.15) is 44.1 Å². The number of rotatable bonds is 5. The number of nitriles is 1. The number of amides is 4. The molecular formula is C20H27N5O3. The Balaban J connectivity index is 1.47. The Kier molecular flexibility index (Phi) is 7.09. The van der Waals surface area contributed by atoms with E-state index in [0.29, 0.717) is 17.8 Å². The Labute approximate surface area is 165 Å². The molecule has 0 aromatic heterocycles. The molecule has 2 aliphatic rings. The minimum Gasteiger partial charge on any atom is -0.376 e. The van der Waals surface area contributed by atoms with Gasteiger partial charge in [0, 0.05) is 18.8 Å². The van der Waals surface area contributed by atoms with E-state index in [9.17, 15) is 9.59 Å². The lowest BCUT2D eigenvalue weighted by Crippen LogP contribution is -2.56. The third-order valence-electron chi connectivity index (χ3n) is 5.19. The van der Waals surface area contributed by atoms with Crippen molar-refractivity contribution in [1.82, 2.24) is 16.0 Å². The molecule has 0 bridgehead atoms. The summed E-state index contributed by atoms with van der Waals surface area (Å²) in [5, 5.41) is 20.4. The van der Waals surface area contributed by atoms with E-state index in [1.807, 2.05) is 6.07 Å². The van der Waals surface area contributed by atoms with E-state index in [4.69, 9.17) is 10.00 Å². The summed E-state index contributed by atoms with van der Waals surface area (Å²) in [5.41, 5.74) is 1.16. The molecule has 1 saturated heterocycles. The number of carbonyl (C=O) groups excluding carboxylic acids is 2. The summed E-state index contributed by atoms with van der Waals surface area (Å²) in [7, 11) is 0. The van der Waals surface area contributed by atoms with E-state index >= 15 is 0 Å². The molecule has 28 heavy (non-hydrogen) atoms. The van der Waals surface area contributed by atoms with Gasteiger partial charge in [-0.1, -0.05) is 12.8 Å². The Morgan fingerprint density at radius 2 is 1.68 bits per heavy atom. The van der Waals surface area contributed by atoms with Gasteiger partial charge in [-0.05, 0) is 49.9 Å². The van der Waals surface area contributed by atoms with Crippen molar-refractivity contribution in [3.8, 4) is 6.07 Å². The molecule has 8 nitrogen and oxygen atoms in total. The lowest BCUT2D eigenvalue weighted by atomic mass is 9.90. The number of anilines is 1. The van der Waals surface area contributed by atoms with Gasteiger partial charge in [-0.2, -0.15) is 5.26 Å². The second-order valence-electron chi connectivity index (χ2n) is 7.27. The summed E-state index contributed by atoms with van der Waals surface area (Å²) >= 11 is 0. The summed E-state index contributed by atoms with van der Waals surface area (Å²) in [5.74, 6) is 0. The zero-order chi connectivity index (χ0) is 19.8. The lowest BCUT2D eigenvalue weighted by Gasteiger charge is -2.32. The van der Waals surface area contributed by atoms with E-state index < -0.39 is 0 Å². The quantitative estimate of drug-likeness (QED) is 0.623. The topological polar surface area (TPSA) is 115 Å². The van der Waals surface area contributed by atoms with Gasteiger partial charge in [0.1, 0.15) is 0 Å². The molecule has 1 aromatic rings. The highest BCUT2D eigenvalue weighted by molar-refractivity contribution is 5.89. The molecule has 8 heteroatoms. The highest BCUT2D eigenvalue weighted by Crippen LogP contribution is 2.19. The van der Waals surface area contributed by atoms with Crippen molar-refractivity contribution in [2.75, 3.05) is 18.5 Å². The SMILES string of the molecule is N#Cc1ccc(NC(=O)NC2CCCCC2NC(=O)NCC2CCCO2)cc1. The fourth-order valence-corrected chi connectivity index (χ4v) is 3.67. The zero-order valence-corrected chi connectivity index (χ0v) is 15.9. The molecular weight excluding hydrogens is 358 g/mol. The minimum absolute atomic E-state index is 0.101. The van der Waals surface area contributed by atoms with Crippen LogP contribution in [0.15, 0.2) is 24.3 Å². The molecule has 0 spiro atoms. The molecule has 2 fully saturated rings. The van der Waals surface area contributed by atoms with Gasteiger partial charge in [-0.15, -0.1) is 0 Å². The monoisotopic (exact) mass is 385 g/mol. The number of urea groups is 2. The molecule has 1 heterocycles. The molecule has 1 saturated carbocycles. The zero-order valence-electron chi connectivity index (χ0n) is 15.9. The van der Waals surface area contributed by atoms with Gasteiger partial charge in [0.15, 0.2) is 0 Å². The molecule has 4 amide bonds. The average Bonchev–Trinajstić information content (AvgIpc) is 3.22. The maximum Gasteiger partial charge on any atom is 0.319 e. The summed E-state index contributed by atoms with van der Waals surface area (Å²) < 4.78 is 5.51. The summed E-state index contributed by atoms with van der Waals surface area (Å²) in [4.78, 5) is 24.6. The standard InChI is InChI=1S/C20H27N5O3/c21-12-14-7-9-15(10-8-14)23-20(27)25-18-6-2-1-5-17(18)24-19(26)22-13-16-4-3-11-28-16/h7-10,16-18H,1-6,11,13H2,(H2,22,24,26)(H2,23,25,27). The van der Waals surface area contributed by atoms with Gasteiger partial charge in [-0.3, -0.25) is 0 Å². The molecule has 0 radical (unpaired) electrons. The third kappa shape index (κ3) is 5.86. The highest BCUT2D eigenvalue weighted by Gasteiger charge is 2.28. The lowest BCUT2D eigenvalue weighted by molar-refractivity contribution is 0.111. The largest absolute Gasteiger partial charge is 0.376 e. The van der Waals surface area contributed by atoms with E-state index in [1.54, 1.807) is 24.3 Å². The van der Waals surface area contributed by atoms with Gasteiger partial charge in [0.25, 0.3) is 0 Å². The van der Waals surface area contributed by atoms with Crippen molar-refractivity contribution >= 4 is 17.7 Å². The molecule has 150 valence electrons. The van der Waals surface area contributed by atoms with Gasteiger partial charge in [-0.25, -0.2) is 9.59 Å². The number of carbonyl (C=O) groups is 2. The first-order valence-electron chi connectivity index (χ1n) is 9.87. The molecule has 3 rings (SSSR count). The highest BCUT2D eigenvalue weighted by atomic mass is 16.5. The molecule has 3 unspecified atom stereocenters. The number of nitrogens with one attached hydrogen (secondary N) is 4. The third-order valence-corrected chi connectivity index (χ3v) is 5.19. The van der Waals surface area contributed by atoms with Gasteiger partial charge >= 0.3 is 12.1 Å². The average molecular weight is 385 g/mol. The number of benzene rings is 1. The Hall–Kier alpha value is -2.79. The summed E-state index contributed by atoms with van der Waals surface area (Å²) in [6.07, 6.45) is 5.79. The number of ether oxygens (including phenoxy) is 1. The van der Waals surface area contributed by atoms with E-state index in [0.717, 1.165) is 45.1 Å². The second-order valence-corrected chi connectivity index (χ2v) is 7.27. The van der Waals surface area contributed by atoms with E-state index in [-0.39, 0.29) is 30.2 Å². The van der Waals surface area contributed by atoms with Gasteiger partial charge in [0.2, 0.25) is 0 Å². The maximum atomic E-state index is 12.3. The van der Waals surface area contributed by atoms with E-state index in [1.165, 1.54) is 0 Å². The predicted octanol–water partition coefficient (Wildman–Crippen LogP) is 2.47. The Bertz CT molecular complexity index is 710. The second kappa shape index (κ2) is 9.95. The van der Waals surface area contributed by atoms with Crippen LogP contribution in [0.5, 0.6) is 0 Å². The fraction of sp³-hybridized carbons (Fsp3) is 0.550. The van der Waals surface area contributed by atoms with Crippen molar-refractivity contribution in [1.29, 1.82) is 5.26 Å². The van der Waals surface area contributed by atoms with Crippen LogP contribution in [0.2, 0.25) is 0 Å². The first kappa shape index (κ1) is 20.0. The number of nitrogens with zero attached hydrogens (tertiary/aromatic N) is 1. The molecule has 1 aromatic carbocycles. The number of hydrogen-bond donors (Lipinski definition) is 4. The van der Waals surface area contributed by atoms with Crippen molar-refractivity contribution in [2.24, 2.45) is 0 Å². The van der Waals surface area contributed by atoms with Gasteiger partial charge in [0.05, 0.1) is 29.8 Å². The van der Waals surface area contributed by atoms with Crippen LogP contribution in [0.3, 0.4) is 0 Å². The summed E-state index contributed by atoms with van der Waals surface area (Å²) in [6.45, 7) is 1.27. The fourth-order valence-electron chi connectivity index (χ4n) is 3.67. The van der Waals surface area contributed by atoms with Crippen LogP contribution >= 0.6 is 0 Å². The van der Waals surface area contributed by atoms with Crippen molar-refractivity contribution in [3.05, 3.63) is 29.8 Å². The van der Waals surface area contributed by atoms with Crippen molar-refractivity contribution in [2.45, 2.75) is 56.7 Å². The van der Waals surface area contributed by atoms with Crippen molar-refractivity contribution in [3.63, 3.8) is 0 Å². The van der Waals surface area contributed by atoms with Gasteiger partial charge < -0.3 is 26.0 Å². The Morgan fingerprint density at radius 3 is 2.29 bits per heavy atom. The molecule has 1 aliphatic heterocycles. The maximum absolute atomic E-state index is 12.3. The predicted molar refractivity (Wildman–Crippen MR) is 105 cm³/mol. The first-order valence-corrected chi connectivity index (χ1v) is 9.87. The van der Waals surface area contributed by atoms with Crippen LogP contribution in [0, 0.1) is 11.3 Å². The molecule has 3 atom stereocenters. The van der Waals surface area contributed by atoms with E-state index in [2.05, 4.69) is 21.3 Å². The smallest absolute Gasteiger partial charge is 0.319 e. The first-order chi connectivity index (χ1) is 13.6. The van der Waals surface area contributed by atoms with Crippen LogP contribution in [0.25, 0.3) is 0 Å². The van der Waals surface area contributed by atoms with Crippen LogP contribution in [-0.4, -0.2) is 43.4 Å². The number of hydrogen-bond acceptors (Lipinski definition) is 4. The Morgan fingerprint density at radius 1 is 1.00 bits per heavy atom. The van der Waals surface area contributed by atoms with Crippen LogP contribution in [0.4, 0.5) is 15.3 Å². The van der Waals surface area contributed by atoms with Crippen LogP contribution in [-0.2, 0) is 4.74 Å². The molecule has 4 N–H and O–H groups in total. The van der Waals surface area contributed by atoms with Crippen molar-refractivity contribution < 1.29 is 14.3 Å². The molecule has 1 aliphatic carbocycles. The van der Waals surface area contributed by atoms with Crippen LogP contribution < -0.4 is 21.3 Å². The summed E-state index contributed by atoms with van der Waals surface area (Å²) in [6, 6.07) is 7.95. The normalized spacial score (nSPS) is 24.0.